The van der Waals surface area contributed by atoms with Crippen LogP contribution in [0.4, 0.5) is 29.2 Å². The zero-order chi connectivity index (χ0) is 24.6. The highest BCUT2D eigenvalue weighted by molar-refractivity contribution is 5.81. The van der Waals surface area contributed by atoms with Gasteiger partial charge in [0, 0.05) is 30.9 Å². The van der Waals surface area contributed by atoms with E-state index in [9.17, 15) is 10.1 Å². The molecule has 1 aliphatic heterocycles. The van der Waals surface area contributed by atoms with E-state index in [1.165, 1.54) is 12.1 Å². The van der Waals surface area contributed by atoms with Crippen molar-refractivity contribution in [1.82, 2.24) is 15.0 Å². The monoisotopic (exact) mass is 480 g/mol. The number of anilines is 4. The molecule has 0 unspecified atom stereocenters. The molecular formula is C22H24N8O5. The zero-order valence-electron chi connectivity index (χ0n) is 19.2. The van der Waals surface area contributed by atoms with Gasteiger partial charge in [-0.3, -0.25) is 10.1 Å². The minimum Gasteiger partial charge on any atom is -0.493 e. The predicted molar refractivity (Wildman–Crippen MR) is 130 cm³/mol. The summed E-state index contributed by atoms with van der Waals surface area (Å²) in [6, 6.07) is 11.4. The Balaban J connectivity index is 1.55. The Labute approximate surface area is 200 Å². The summed E-state index contributed by atoms with van der Waals surface area (Å²) in [4.78, 5) is 25.8. The Kier molecular flexibility index (Phi) is 7.47. The molecule has 0 aliphatic carbocycles. The molecule has 2 aromatic carbocycles. The molecule has 0 atom stereocenters. The molecule has 1 aromatic heterocycles. The normalized spacial score (nSPS) is 13.5. The van der Waals surface area contributed by atoms with Crippen LogP contribution in [0.1, 0.15) is 5.56 Å². The van der Waals surface area contributed by atoms with Crippen LogP contribution in [0.15, 0.2) is 47.6 Å². The maximum Gasteiger partial charge on any atom is 0.269 e. The van der Waals surface area contributed by atoms with Gasteiger partial charge in [-0.05, 0) is 35.9 Å². The number of hydrazone groups is 1. The first-order valence-electron chi connectivity index (χ1n) is 10.7. The molecule has 0 amide bonds. The standard InChI is InChI=1S/C22H24N8O5/c1-33-18-8-3-15(13-19(18)34-2)14-23-28-21-25-20(24-16-4-6-17(7-5-16)30(31)32)26-22(27-21)29-9-11-35-12-10-29/h3-8,13-14H,9-12H2,1-2H3,(H2,24,25,26,27,28)/b23-14+. The van der Waals surface area contributed by atoms with Gasteiger partial charge < -0.3 is 24.4 Å². The Morgan fingerprint density at radius 3 is 2.43 bits per heavy atom. The van der Waals surface area contributed by atoms with Crippen LogP contribution < -0.4 is 25.1 Å². The van der Waals surface area contributed by atoms with Crippen LogP contribution in [0.2, 0.25) is 0 Å². The topological polar surface area (TPSA) is 149 Å². The van der Waals surface area contributed by atoms with Crippen molar-refractivity contribution in [3.63, 3.8) is 0 Å². The Morgan fingerprint density at radius 1 is 1.03 bits per heavy atom. The molecular weight excluding hydrogens is 456 g/mol. The van der Waals surface area contributed by atoms with Crippen LogP contribution in [0.5, 0.6) is 11.5 Å². The first-order valence-corrected chi connectivity index (χ1v) is 10.7. The molecule has 182 valence electrons. The van der Waals surface area contributed by atoms with E-state index >= 15 is 0 Å². The highest BCUT2D eigenvalue weighted by atomic mass is 16.6. The number of nitro groups is 1. The van der Waals surface area contributed by atoms with Gasteiger partial charge >= 0.3 is 0 Å². The summed E-state index contributed by atoms with van der Waals surface area (Å²) in [5, 5.41) is 18.2. The van der Waals surface area contributed by atoms with Gasteiger partial charge in [-0.2, -0.15) is 20.1 Å². The van der Waals surface area contributed by atoms with Gasteiger partial charge in [-0.1, -0.05) is 0 Å². The molecule has 0 bridgehead atoms. The molecule has 0 spiro atoms. The second-order valence-corrected chi connectivity index (χ2v) is 7.30. The van der Waals surface area contributed by atoms with E-state index in [1.54, 1.807) is 44.7 Å². The van der Waals surface area contributed by atoms with Crippen LogP contribution in [0, 0.1) is 10.1 Å². The van der Waals surface area contributed by atoms with Crippen molar-refractivity contribution in [2.45, 2.75) is 0 Å². The average molecular weight is 480 g/mol. The molecule has 2 heterocycles. The lowest BCUT2D eigenvalue weighted by molar-refractivity contribution is -0.384. The lowest BCUT2D eigenvalue weighted by atomic mass is 10.2. The molecule has 13 heteroatoms. The summed E-state index contributed by atoms with van der Waals surface area (Å²) in [6.45, 7) is 2.40. The summed E-state index contributed by atoms with van der Waals surface area (Å²) in [5.41, 5.74) is 4.20. The van der Waals surface area contributed by atoms with Crippen LogP contribution in [0.3, 0.4) is 0 Å². The Bertz CT molecular complexity index is 1200. The second-order valence-electron chi connectivity index (χ2n) is 7.30. The van der Waals surface area contributed by atoms with Crippen molar-refractivity contribution in [2.24, 2.45) is 5.10 Å². The number of non-ortho nitro benzene ring substituents is 1. The maximum atomic E-state index is 10.9. The van der Waals surface area contributed by atoms with Gasteiger partial charge in [0.15, 0.2) is 11.5 Å². The van der Waals surface area contributed by atoms with Gasteiger partial charge in [0.2, 0.25) is 17.8 Å². The van der Waals surface area contributed by atoms with E-state index in [0.717, 1.165) is 5.56 Å². The lowest BCUT2D eigenvalue weighted by Gasteiger charge is -2.27. The minimum atomic E-state index is -0.457. The molecule has 2 N–H and O–H groups in total. The molecule has 1 fully saturated rings. The maximum absolute atomic E-state index is 10.9. The number of morpholine rings is 1. The molecule has 0 radical (unpaired) electrons. The van der Waals surface area contributed by atoms with Crippen LogP contribution in [0.25, 0.3) is 0 Å². The van der Waals surface area contributed by atoms with E-state index in [1.807, 2.05) is 11.0 Å². The fourth-order valence-corrected chi connectivity index (χ4v) is 3.27. The largest absolute Gasteiger partial charge is 0.493 e. The number of rotatable bonds is 9. The number of methoxy groups -OCH3 is 2. The first kappa shape index (κ1) is 23.6. The number of aromatic nitrogens is 3. The van der Waals surface area contributed by atoms with E-state index in [2.05, 4.69) is 30.8 Å². The molecule has 4 rings (SSSR count). The molecule has 35 heavy (non-hydrogen) atoms. The number of ether oxygens (including phenoxy) is 3. The fraction of sp³-hybridized carbons (Fsp3) is 0.273. The molecule has 13 nitrogen and oxygen atoms in total. The fourth-order valence-electron chi connectivity index (χ4n) is 3.27. The molecule has 1 aliphatic rings. The number of hydrogen-bond donors (Lipinski definition) is 2. The second kappa shape index (κ2) is 11.1. The summed E-state index contributed by atoms with van der Waals surface area (Å²) < 4.78 is 16.0. The summed E-state index contributed by atoms with van der Waals surface area (Å²) in [7, 11) is 3.14. The Morgan fingerprint density at radius 2 is 1.74 bits per heavy atom. The van der Waals surface area contributed by atoms with Gasteiger partial charge in [0.1, 0.15) is 0 Å². The first-order chi connectivity index (χ1) is 17.1. The van der Waals surface area contributed by atoms with E-state index in [-0.39, 0.29) is 17.6 Å². The number of hydrogen-bond acceptors (Lipinski definition) is 12. The van der Waals surface area contributed by atoms with E-state index < -0.39 is 4.92 Å². The molecule has 1 saturated heterocycles. The van der Waals surface area contributed by atoms with Crippen molar-refractivity contribution < 1.29 is 19.1 Å². The van der Waals surface area contributed by atoms with Crippen molar-refractivity contribution >= 4 is 35.4 Å². The SMILES string of the molecule is COc1ccc(/C=N/Nc2nc(Nc3ccc([N+](=O)[O-])cc3)nc(N3CCOCC3)n2)cc1OC. The van der Waals surface area contributed by atoms with E-state index in [0.29, 0.717) is 49.4 Å². The van der Waals surface area contributed by atoms with Gasteiger partial charge in [-0.15, -0.1) is 0 Å². The lowest BCUT2D eigenvalue weighted by Crippen LogP contribution is -2.37. The number of nitro benzene ring substituents is 1. The average Bonchev–Trinajstić information content (AvgIpc) is 2.89. The highest BCUT2D eigenvalue weighted by Crippen LogP contribution is 2.27. The number of nitrogens with zero attached hydrogens (tertiary/aromatic N) is 6. The summed E-state index contributed by atoms with van der Waals surface area (Å²) in [6.07, 6.45) is 1.60. The van der Waals surface area contributed by atoms with Crippen LogP contribution in [-0.2, 0) is 4.74 Å². The van der Waals surface area contributed by atoms with Gasteiger partial charge in [0.05, 0.1) is 38.6 Å². The van der Waals surface area contributed by atoms with Gasteiger partial charge in [0.25, 0.3) is 5.69 Å². The zero-order valence-corrected chi connectivity index (χ0v) is 19.2. The molecule has 3 aromatic rings. The third-order valence-corrected chi connectivity index (χ3v) is 5.04. The van der Waals surface area contributed by atoms with Crippen molar-refractivity contribution in [3.8, 4) is 11.5 Å². The van der Waals surface area contributed by atoms with E-state index in [4.69, 9.17) is 14.2 Å². The number of nitrogens with one attached hydrogen (secondary N) is 2. The Hall–Kier alpha value is -4.52. The van der Waals surface area contributed by atoms with Gasteiger partial charge in [-0.25, -0.2) is 5.43 Å². The summed E-state index contributed by atoms with van der Waals surface area (Å²) in [5.74, 6) is 2.14. The van der Waals surface area contributed by atoms with Crippen molar-refractivity contribution in [2.75, 3.05) is 56.2 Å². The van der Waals surface area contributed by atoms with Crippen LogP contribution in [-0.4, -0.2) is 66.6 Å². The predicted octanol–water partition coefficient (Wildman–Crippen LogP) is 2.82. The van der Waals surface area contributed by atoms with Crippen LogP contribution >= 0.6 is 0 Å². The quantitative estimate of drug-likeness (QED) is 0.264. The third kappa shape index (κ3) is 6.09. The third-order valence-electron chi connectivity index (χ3n) is 5.04. The summed E-state index contributed by atoms with van der Waals surface area (Å²) >= 11 is 0. The minimum absolute atomic E-state index is 0.00735. The van der Waals surface area contributed by atoms with Crippen molar-refractivity contribution in [3.05, 3.63) is 58.1 Å². The number of benzene rings is 2. The highest BCUT2D eigenvalue weighted by Gasteiger charge is 2.17. The molecule has 0 saturated carbocycles. The van der Waals surface area contributed by atoms with Crippen molar-refractivity contribution in [1.29, 1.82) is 0 Å². The smallest absolute Gasteiger partial charge is 0.269 e.